The van der Waals surface area contributed by atoms with Crippen molar-refractivity contribution in [1.29, 1.82) is 0 Å². The highest BCUT2D eigenvalue weighted by molar-refractivity contribution is 5.81. The van der Waals surface area contributed by atoms with Crippen LogP contribution in [0.15, 0.2) is 0 Å². The van der Waals surface area contributed by atoms with Crippen LogP contribution in [0.1, 0.15) is 6.42 Å². The first kappa shape index (κ1) is 6.12. The van der Waals surface area contributed by atoms with Gasteiger partial charge in [0.2, 0.25) is 5.91 Å². The van der Waals surface area contributed by atoms with Gasteiger partial charge in [0.05, 0.1) is 0 Å². The Hall–Kier alpha value is -0.610. The van der Waals surface area contributed by atoms with Gasteiger partial charge in [-0.3, -0.25) is 9.80 Å². The van der Waals surface area contributed by atoms with E-state index in [4.69, 9.17) is 5.73 Å². The molecule has 2 saturated heterocycles. The molecule has 2 fully saturated rings. The fraction of sp³-hybridized carbons (Fsp3) is 0.833. The van der Waals surface area contributed by atoms with Gasteiger partial charge in [0.25, 0.3) is 0 Å². The first-order valence-electron chi connectivity index (χ1n) is 3.58. The summed E-state index contributed by atoms with van der Waals surface area (Å²) in [6.45, 7) is 2.60. The summed E-state index contributed by atoms with van der Waals surface area (Å²) < 4.78 is 0. The lowest BCUT2D eigenvalue weighted by atomic mass is 10.1. The minimum Gasteiger partial charge on any atom is -0.325 e. The number of rotatable bonds is 1. The molecule has 2 rings (SSSR count). The zero-order valence-electron chi connectivity index (χ0n) is 5.79. The zero-order chi connectivity index (χ0) is 7.14. The molecule has 4 nitrogen and oxygen atoms in total. The van der Waals surface area contributed by atoms with Crippen molar-refractivity contribution in [2.45, 2.75) is 12.5 Å². The second-order valence-electron chi connectivity index (χ2n) is 2.90. The maximum Gasteiger partial charge on any atom is 0.238 e. The molecule has 0 aliphatic carbocycles. The van der Waals surface area contributed by atoms with Gasteiger partial charge in [-0.25, -0.2) is 5.01 Å². The maximum atomic E-state index is 10.8. The first-order chi connectivity index (χ1) is 4.77. The average molecular weight is 141 g/mol. The van der Waals surface area contributed by atoms with Crippen LogP contribution in [0.4, 0.5) is 0 Å². The molecule has 0 atom stereocenters. The van der Waals surface area contributed by atoms with Gasteiger partial charge >= 0.3 is 0 Å². The van der Waals surface area contributed by atoms with E-state index >= 15 is 0 Å². The van der Waals surface area contributed by atoms with Gasteiger partial charge in [0, 0.05) is 32.1 Å². The Morgan fingerprint density at radius 3 is 2.50 bits per heavy atom. The Morgan fingerprint density at radius 2 is 2.20 bits per heavy atom. The van der Waals surface area contributed by atoms with Gasteiger partial charge < -0.3 is 5.73 Å². The number of β-lactam (4-membered cyclic amide) rings is 1. The molecular weight excluding hydrogens is 130 g/mol. The van der Waals surface area contributed by atoms with E-state index in [1.54, 1.807) is 5.01 Å². The van der Waals surface area contributed by atoms with Gasteiger partial charge in [-0.1, -0.05) is 0 Å². The largest absolute Gasteiger partial charge is 0.325 e. The molecule has 0 radical (unpaired) electrons. The molecule has 0 spiro atoms. The second kappa shape index (κ2) is 1.93. The smallest absolute Gasteiger partial charge is 0.238 e. The lowest BCUT2D eigenvalue weighted by Gasteiger charge is -2.48. The molecule has 2 aliphatic rings. The summed E-state index contributed by atoms with van der Waals surface area (Å²) >= 11 is 0. The van der Waals surface area contributed by atoms with Gasteiger partial charge in [0.1, 0.15) is 0 Å². The Kier molecular flexibility index (Phi) is 1.18. The number of nitrogens with two attached hydrogens (primary N) is 1. The molecular formula is C6H11N3O. The molecule has 0 unspecified atom stereocenters. The molecule has 56 valence electrons. The van der Waals surface area contributed by atoms with Crippen molar-refractivity contribution in [2.75, 3.05) is 19.6 Å². The van der Waals surface area contributed by atoms with Crippen molar-refractivity contribution in [1.82, 2.24) is 10.0 Å². The van der Waals surface area contributed by atoms with Gasteiger partial charge in [-0.05, 0) is 0 Å². The highest BCUT2D eigenvalue weighted by Gasteiger charge is 2.35. The standard InChI is InChI=1S/C6H11N3O/c7-5-3-8(4-5)9-2-1-6(9)10/h5H,1-4,7H2. The average Bonchev–Trinajstić information content (AvgIpc) is 1.82. The van der Waals surface area contributed by atoms with Crippen LogP contribution in [-0.4, -0.2) is 41.6 Å². The van der Waals surface area contributed by atoms with E-state index < -0.39 is 0 Å². The minimum atomic E-state index is 0.243. The monoisotopic (exact) mass is 141 g/mol. The predicted octanol–water partition coefficient (Wildman–Crippen LogP) is -1.22. The highest BCUT2D eigenvalue weighted by atomic mass is 16.2. The van der Waals surface area contributed by atoms with Crippen LogP contribution in [0, 0.1) is 0 Å². The third-order valence-corrected chi connectivity index (χ3v) is 2.06. The fourth-order valence-electron chi connectivity index (χ4n) is 1.29. The molecule has 0 saturated carbocycles. The Labute approximate surface area is 59.5 Å². The van der Waals surface area contributed by atoms with Crippen molar-refractivity contribution in [2.24, 2.45) is 5.73 Å². The summed E-state index contributed by atoms with van der Waals surface area (Å²) in [5.41, 5.74) is 5.55. The molecule has 2 N–H and O–H groups in total. The van der Waals surface area contributed by atoms with E-state index in [-0.39, 0.29) is 11.9 Å². The molecule has 2 aliphatic heterocycles. The topological polar surface area (TPSA) is 49.6 Å². The molecule has 0 aromatic heterocycles. The Balaban J connectivity index is 1.85. The molecule has 2 heterocycles. The number of hydrazine groups is 1. The molecule has 4 heteroatoms. The van der Waals surface area contributed by atoms with Crippen LogP contribution < -0.4 is 5.73 Å². The molecule has 1 amide bonds. The zero-order valence-corrected chi connectivity index (χ0v) is 5.79. The third kappa shape index (κ3) is 0.726. The first-order valence-corrected chi connectivity index (χ1v) is 3.58. The van der Waals surface area contributed by atoms with Crippen LogP contribution in [0.2, 0.25) is 0 Å². The number of hydrogen-bond donors (Lipinski definition) is 1. The molecule has 10 heavy (non-hydrogen) atoms. The van der Waals surface area contributed by atoms with E-state index in [2.05, 4.69) is 0 Å². The lowest BCUT2D eigenvalue weighted by molar-refractivity contribution is -0.174. The van der Waals surface area contributed by atoms with Crippen molar-refractivity contribution in [3.63, 3.8) is 0 Å². The summed E-state index contributed by atoms with van der Waals surface area (Å²) in [4.78, 5) is 10.8. The lowest BCUT2D eigenvalue weighted by Crippen LogP contribution is -2.67. The van der Waals surface area contributed by atoms with Gasteiger partial charge in [-0.2, -0.15) is 0 Å². The number of carbonyl (C=O) groups is 1. The number of hydrogen-bond acceptors (Lipinski definition) is 3. The number of nitrogens with zero attached hydrogens (tertiary/aromatic N) is 2. The number of amides is 1. The fourth-order valence-corrected chi connectivity index (χ4v) is 1.29. The van der Waals surface area contributed by atoms with Crippen LogP contribution in [0.25, 0.3) is 0 Å². The summed E-state index contributed by atoms with van der Waals surface area (Å²) in [6, 6.07) is 0.286. The minimum absolute atomic E-state index is 0.243. The molecule has 0 aromatic rings. The summed E-state index contributed by atoms with van der Waals surface area (Å²) in [5, 5.41) is 3.79. The normalized spacial score (nSPS) is 28.1. The van der Waals surface area contributed by atoms with E-state index in [1.807, 2.05) is 5.01 Å². The van der Waals surface area contributed by atoms with Crippen LogP contribution >= 0.6 is 0 Å². The van der Waals surface area contributed by atoms with Crippen molar-refractivity contribution in [3.8, 4) is 0 Å². The van der Waals surface area contributed by atoms with Crippen LogP contribution in [0.3, 0.4) is 0 Å². The van der Waals surface area contributed by atoms with E-state index in [9.17, 15) is 4.79 Å². The van der Waals surface area contributed by atoms with Crippen LogP contribution in [0.5, 0.6) is 0 Å². The van der Waals surface area contributed by atoms with Gasteiger partial charge in [-0.15, -0.1) is 0 Å². The van der Waals surface area contributed by atoms with Crippen molar-refractivity contribution >= 4 is 5.91 Å². The Bertz CT molecular complexity index is 164. The van der Waals surface area contributed by atoms with Crippen molar-refractivity contribution < 1.29 is 4.79 Å². The summed E-state index contributed by atoms with van der Waals surface area (Å²) in [7, 11) is 0. The SMILES string of the molecule is NC1CN(N2CCC2=O)C1. The highest BCUT2D eigenvalue weighted by Crippen LogP contribution is 2.17. The number of carbonyl (C=O) groups excluding carboxylic acids is 1. The Morgan fingerprint density at radius 1 is 1.50 bits per heavy atom. The molecule has 0 aromatic carbocycles. The summed E-state index contributed by atoms with van der Waals surface area (Å²) in [5.74, 6) is 0.243. The predicted molar refractivity (Wildman–Crippen MR) is 35.9 cm³/mol. The summed E-state index contributed by atoms with van der Waals surface area (Å²) in [6.07, 6.45) is 0.714. The van der Waals surface area contributed by atoms with Crippen molar-refractivity contribution in [3.05, 3.63) is 0 Å². The van der Waals surface area contributed by atoms with E-state index in [1.165, 1.54) is 0 Å². The van der Waals surface area contributed by atoms with Gasteiger partial charge in [0.15, 0.2) is 0 Å². The van der Waals surface area contributed by atoms with E-state index in [0.29, 0.717) is 6.42 Å². The third-order valence-electron chi connectivity index (χ3n) is 2.06. The second-order valence-corrected chi connectivity index (χ2v) is 2.90. The quantitative estimate of drug-likeness (QED) is 0.465. The maximum absolute atomic E-state index is 10.8. The van der Waals surface area contributed by atoms with E-state index in [0.717, 1.165) is 19.6 Å². The molecule has 0 bridgehead atoms. The van der Waals surface area contributed by atoms with Crippen LogP contribution in [-0.2, 0) is 4.79 Å².